The normalized spacial score (nSPS) is 18.4. The van der Waals surface area contributed by atoms with Crippen molar-refractivity contribution in [1.82, 2.24) is 4.90 Å². The van der Waals surface area contributed by atoms with Gasteiger partial charge in [0, 0.05) is 18.4 Å². The number of likely N-dealkylation sites (tertiary alicyclic amines) is 1. The van der Waals surface area contributed by atoms with Gasteiger partial charge in [0.05, 0.1) is 6.54 Å². The highest BCUT2D eigenvalue weighted by Crippen LogP contribution is 2.26. The number of Topliss-reactive ketones (excluding diaryl/α,β-unsaturated/α-hetero) is 1. The largest absolute Gasteiger partial charge is 0.330 e. The zero-order chi connectivity index (χ0) is 13.9. The van der Waals surface area contributed by atoms with Gasteiger partial charge < -0.3 is 4.90 Å². The molecule has 0 spiro atoms. The van der Waals surface area contributed by atoms with E-state index in [1.54, 1.807) is 4.90 Å². The molecule has 0 unspecified atom stereocenters. The molecule has 0 radical (unpaired) electrons. The van der Waals surface area contributed by atoms with E-state index in [1.807, 2.05) is 44.2 Å². The van der Waals surface area contributed by atoms with Gasteiger partial charge in [-0.15, -0.1) is 0 Å². The molecule has 0 saturated carbocycles. The van der Waals surface area contributed by atoms with Crippen molar-refractivity contribution >= 4 is 11.7 Å². The molecular weight excluding hydrogens is 238 g/mol. The summed E-state index contributed by atoms with van der Waals surface area (Å²) in [6.45, 7) is 4.36. The van der Waals surface area contributed by atoms with Crippen LogP contribution < -0.4 is 0 Å². The van der Waals surface area contributed by atoms with Gasteiger partial charge in [0.1, 0.15) is 0 Å². The lowest BCUT2D eigenvalue weighted by Gasteiger charge is -2.41. The van der Waals surface area contributed by atoms with Crippen molar-refractivity contribution in [3.63, 3.8) is 0 Å². The Morgan fingerprint density at radius 3 is 2.63 bits per heavy atom. The van der Waals surface area contributed by atoms with Crippen molar-refractivity contribution in [3.8, 4) is 0 Å². The minimum Gasteiger partial charge on any atom is -0.330 e. The Kier molecular flexibility index (Phi) is 4.03. The number of rotatable bonds is 3. The highest BCUT2D eigenvalue weighted by Gasteiger charge is 2.35. The number of piperidine rings is 1. The van der Waals surface area contributed by atoms with Crippen LogP contribution in [-0.2, 0) is 16.0 Å². The third-order valence-electron chi connectivity index (χ3n) is 3.85. The number of aryl methyl sites for hydroxylation is 1. The highest BCUT2D eigenvalue weighted by molar-refractivity contribution is 5.88. The average Bonchev–Trinajstić information content (AvgIpc) is 2.40. The molecule has 0 N–H and O–H groups in total. The van der Waals surface area contributed by atoms with E-state index in [4.69, 9.17) is 0 Å². The molecule has 2 rings (SSSR count). The number of hydrogen-bond donors (Lipinski definition) is 0. The van der Waals surface area contributed by atoms with Crippen molar-refractivity contribution in [1.29, 1.82) is 0 Å². The summed E-state index contributed by atoms with van der Waals surface area (Å²) >= 11 is 0. The minimum atomic E-state index is -0.193. The lowest BCUT2D eigenvalue weighted by atomic mass is 9.89. The second-order valence-corrected chi connectivity index (χ2v) is 5.82. The summed E-state index contributed by atoms with van der Waals surface area (Å²) in [4.78, 5) is 25.6. The maximum absolute atomic E-state index is 12.3. The predicted molar refractivity (Wildman–Crippen MR) is 74.8 cm³/mol. The lowest BCUT2D eigenvalue weighted by molar-refractivity contribution is -0.144. The van der Waals surface area contributed by atoms with Crippen molar-refractivity contribution in [3.05, 3.63) is 35.9 Å². The quantitative estimate of drug-likeness (QED) is 0.836. The number of nitrogens with zero attached hydrogens (tertiary/aromatic N) is 1. The Bertz CT molecular complexity index is 465. The summed E-state index contributed by atoms with van der Waals surface area (Å²) in [6, 6.07) is 9.99. The molecule has 1 aliphatic rings. The first-order valence-electron chi connectivity index (χ1n) is 6.85. The summed E-state index contributed by atoms with van der Waals surface area (Å²) in [5.74, 6) is 0.259. The van der Waals surface area contributed by atoms with Crippen LogP contribution in [-0.4, -0.2) is 28.7 Å². The summed E-state index contributed by atoms with van der Waals surface area (Å²) in [5, 5.41) is 0. The van der Waals surface area contributed by atoms with Crippen LogP contribution in [0.2, 0.25) is 0 Å². The van der Waals surface area contributed by atoms with E-state index in [9.17, 15) is 9.59 Å². The summed E-state index contributed by atoms with van der Waals surface area (Å²) in [5.41, 5.74) is 0.971. The van der Waals surface area contributed by atoms with Gasteiger partial charge in [-0.1, -0.05) is 30.3 Å². The summed E-state index contributed by atoms with van der Waals surface area (Å²) in [7, 11) is 0. The van der Waals surface area contributed by atoms with Crippen LogP contribution in [0, 0.1) is 0 Å². The van der Waals surface area contributed by atoms with Crippen LogP contribution in [0.1, 0.15) is 38.7 Å². The van der Waals surface area contributed by atoms with Crippen LogP contribution in [0.5, 0.6) is 0 Å². The van der Waals surface area contributed by atoms with Crippen LogP contribution in [0.25, 0.3) is 0 Å². The Balaban J connectivity index is 1.97. The number of carbonyl (C=O) groups excluding carboxylic acids is 2. The second-order valence-electron chi connectivity index (χ2n) is 5.82. The molecular formula is C16H21NO2. The number of carbonyl (C=O) groups is 2. The van der Waals surface area contributed by atoms with Crippen LogP contribution >= 0.6 is 0 Å². The zero-order valence-corrected chi connectivity index (χ0v) is 11.7. The fourth-order valence-electron chi connectivity index (χ4n) is 2.51. The average molecular weight is 259 g/mol. The zero-order valence-electron chi connectivity index (χ0n) is 11.7. The number of benzene rings is 1. The first kappa shape index (κ1) is 13.8. The van der Waals surface area contributed by atoms with E-state index in [1.165, 1.54) is 0 Å². The number of hydrogen-bond acceptors (Lipinski definition) is 2. The SMILES string of the molecule is CC1(C)CCC(=O)CN1C(=O)CCc1ccccc1. The van der Waals surface area contributed by atoms with Gasteiger partial charge in [0.15, 0.2) is 5.78 Å². The Hall–Kier alpha value is -1.64. The van der Waals surface area contributed by atoms with Crippen molar-refractivity contribution in [2.45, 2.75) is 45.1 Å². The van der Waals surface area contributed by atoms with E-state index in [-0.39, 0.29) is 23.8 Å². The Labute approximate surface area is 114 Å². The van der Waals surface area contributed by atoms with E-state index < -0.39 is 0 Å². The number of ketones is 1. The van der Waals surface area contributed by atoms with Gasteiger partial charge in [-0.3, -0.25) is 9.59 Å². The van der Waals surface area contributed by atoms with Crippen molar-refractivity contribution in [2.75, 3.05) is 6.54 Å². The molecule has 1 amide bonds. The molecule has 1 saturated heterocycles. The van der Waals surface area contributed by atoms with Gasteiger partial charge in [-0.2, -0.15) is 0 Å². The van der Waals surface area contributed by atoms with E-state index >= 15 is 0 Å². The first-order valence-corrected chi connectivity index (χ1v) is 6.85. The first-order chi connectivity index (χ1) is 8.99. The molecule has 3 heteroatoms. The second kappa shape index (κ2) is 5.55. The maximum Gasteiger partial charge on any atom is 0.223 e. The molecule has 0 aromatic heterocycles. The molecule has 102 valence electrons. The standard InChI is InChI=1S/C16H21NO2/c1-16(2)11-10-14(18)12-17(16)15(19)9-8-13-6-4-3-5-7-13/h3-7H,8-12H2,1-2H3. The van der Waals surface area contributed by atoms with E-state index in [0.29, 0.717) is 12.8 Å². The molecule has 1 heterocycles. The van der Waals surface area contributed by atoms with Gasteiger partial charge in [-0.05, 0) is 32.3 Å². The smallest absolute Gasteiger partial charge is 0.223 e. The predicted octanol–water partition coefficient (Wildman–Crippen LogP) is 2.59. The third-order valence-corrected chi connectivity index (χ3v) is 3.85. The van der Waals surface area contributed by atoms with Crippen LogP contribution in [0.3, 0.4) is 0 Å². The third kappa shape index (κ3) is 3.43. The summed E-state index contributed by atoms with van der Waals surface area (Å²) < 4.78 is 0. The minimum absolute atomic E-state index is 0.0851. The van der Waals surface area contributed by atoms with Crippen molar-refractivity contribution in [2.24, 2.45) is 0 Å². The molecule has 1 fully saturated rings. The fraction of sp³-hybridized carbons (Fsp3) is 0.500. The lowest BCUT2D eigenvalue weighted by Crippen LogP contribution is -2.53. The van der Waals surface area contributed by atoms with Crippen molar-refractivity contribution < 1.29 is 9.59 Å². The van der Waals surface area contributed by atoms with E-state index in [0.717, 1.165) is 18.4 Å². The summed E-state index contributed by atoms with van der Waals surface area (Å²) in [6.07, 6.45) is 2.57. The highest BCUT2D eigenvalue weighted by atomic mass is 16.2. The maximum atomic E-state index is 12.3. The Morgan fingerprint density at radius 1 is 1.26 bits per heavy atom. The molecule has 0 bridgehead atoms. The topological polar surface area (TPSA) is 37.4 Å². The fourth-order valence-corrected chi connectivity index (χ4v) is 2.51. The van der Waals surface area contributed by atoms with Gasteiger partial charge in [0.2, 0.25) is 5.91 Å². The molecule has 1 aromatic carbocycles. The van der Waals surface area contributed by atoms with Gasteiger partial charge in [0.25, 0.3) is 0 Å². The molecule has 19 heavy (non-hydrogen) atoms. The molecule has 3 nitrogen and oxygen atoms in total. The molecule has 1 aromatic rings. The van der Waals surface area contributed by atoms with E-state index in [2.05, 4.69) is 0 Å². The Morgan fingerprint density at radius 2 is 1.95 bits per heavy atom. The molecule has 0 atom stereocenters. The monoisotopic (exact) mass is 259 g/mol. The van der Waals surface area contributed by atoms with Crippen LogP contribution in [0.4, 0.5) is 0 Å². The number of amides is 1. The van der Waals surface area contributed by atoms with Gasteiger partial charge >= 0.3 is 0 Å². The van der Waals surface area contributed by atoms with Gasteiger partial charge in [-0.25, -0.2) is 0 Å². The molecule has 1 aliphatic heterocycles. The van der Waals surface area contributed by atoms with Crippen LogP contribution in [0.15, 0.2) is 30.3 Å². The molecule has 0 aliphatic carbocycles.